The zero-order chi connectivity index (χ0) is 15.9. The fourth-order valence-corrected chi connectivity index (χ4v) is 1.86. The number of rotatable bonds is 5. The van der Waals surface area contributed by atoms with Crippen LogP contribution in [0.1, 0.15) is 15.9 Å². The number of amides is 1. The molecule has 0 aromatic heterocycles. The van der Waals surface area contributed by atoms with E-state index < -0.39 is 0 Å². The Balaban J connectivity index is 1.98. The minimum absolute atomic E-state index is 0.246. The van der Waals surface area contributed by atoms with Gasteiger partial charge in [-0.15, -0.1) is 0 Å². The summed E-state index contributed by atoms with van der Waals surface area (Å²) in [6, 6.07) is 14.7. The lowest BCUT2D eigenvalue weighted by atomic mass is 10.2. The van der Waals surface area contributed by atoms with Gasteiger partial charge in [0.25, 0.3) is 5.91 Å². The quantitative estimate of drug-likeness (QED) is 0.681. The highest BCUT2D eigenvalue weighted by Gasteiger charge is 2.04. The number of hydrazone groups is 1. The predicted molar refractivity (Wildman–Crippen MR) is 88.8 cm³/mol. The molecule has 2 rings (SSSR count). The van der Waals surface area contributed by atoms with E-state index >= 15 is 0 Å². The number of methoxy groups -OCH3 is 1. The number of carbonyl (C=O) groups is 1. The molecule has 0 unspecified atom stereocenters. The Hall–Kier alpha value is -2.82. The monoisotopic (exact) mass is 297 g/mol. The van der Waals surface area contributed by atoms with E-state index in [4.69, 9.17) is 4.74 Å². The van der Waals surface area contributed by atoms with Crippen LogP contribution in [0.2, 0.25) is 0 Å². The topological polar surface area (TPSA) is 53.9 Å². The van der Waals surface area contributed by atoms with Crippen LogP contribution in [-0.4, -0.2) is 33.3 Å². The molecule has 0 saturated heterocycles. The van der Waals surface area contributed by atoms with E-state index in [1.165, 1.54) is 0 Å². The summed E-state index contributed by atoms with van der Waals surface area (Å²) in [5.41, 5.74) is 4.96. The van der Waals surface area contributed by atoms with E-state index in [9.17, 15) is 4.79 Å². The van der Waals surface area contributed by atoms with Crippen molar-refractivity contribution in [1.29, 1.82) is 0 Å². The third-order valence-corrected chi connectivity index (χ3v) is 3.12. The maximum absolute atomic E-state index is 12.0. The second kappa shape index (κ2) is 7.26. The number of benzene rings is 2. The second-order valence-corrected chi connectivity index (χ2v) is 4.92. The van der Waals surface area contributed by atoms with Crippen LogP contribution in [0.5, 0.6) is 5.75 Å². The van der Waals surface area contributed by atoms with Crippen LogP contribution >= 0.6 is 0 Å². The summed E-state index contributed by atoms with van der Waals surface area (Å²) >= 11 is 0. The maximum Gasteiger partial charge on any atom is 0.271 e. The van der Waals surface area contributed by atoms with E-state index in [2.05, 4.69) is 10.5 Å². The van der Waals surface area contributed by atoms with Crippen LogP contribution < -0.4 is 15.1 Å². The van der Waals surface area contributed by atoms with E-state index in [0.717, 1.165) is 17.0 Å². The number of anilines is 1. The molecule has 114 valence electrons. The van der Waals surface area contributed by atoms with Crippen molar-refractivity contribution in [2.45, 2.75) is 0 Å². The lowest BCUT2D eigenvalue weighted by Gasteiger charge is -2.12. The Morgan fingerprint density at radius 1 is 1.18 bits per heavy atom. The van der Waals surface area contributed by atoms with Gasteiger partial charge < -0.3 is 9.64 Å². The number of nitrogens with one attached hydrogen (secondary N) is 1. The van der Waals surface area contributed by atoms with Gasteiger partial charge in [0.1, 0.15) is 5.75 Å². The summed E-state index contributed by atoms with van der Waals surface area (Å²) in [4.78, 5) is 14.0. The van der Waals surface area contributed by atoms with Gasteiger partial charge in [0, 0.05) is 25.3 Å². The van der Waals surface area contributed by atoms with E-state index in [-0.39, 0.29) is 5.91 Å². The molecule has 5 heteroatoms. The molecule has 0 spiro atoms. The van der Waals surface area contributed by atoms with Crippen LogP contribution in [0.4, 0.5) is 5.69 Å². The average molecular weight is 297 g/mol. The van der Waals surface area contributed by atoms with E-state index in [0.29, 0.717) is 5.56 Å². The van der Waals surface area contributed by atoms with Gasteiger partial charge in [0.2, 0.25) is 0 Å². The molecule has 0 aliphatic carbocycles. The Labute approximate surface area is 130 Å². The average Bonchev–Trinajstić information content (AvgIpc) is 2.55. The minimum Gasteiger partial charge on any atom is -0.497 e. The van der Waals surface area contributed by atoms with Crippen molar-refractivity contribution < 1.29 is 9.53 Å². The number of hydrogen-bond donors (Lipinski definition) is 1. The third kappa shape index (κ3) is 4.09. The van der Waals surface area contributed by atoms with Gasteiger partial charge in [0.15, 0.2) is 0 Å². The SMILES string of the molecule is COc1cccc(C=NNC(=O)c2ccc(N(C)C)cc2)c1. The fraction of sp³-hybridized carbons (Fsp3) is 0.176. The molecule has 0 radical (unpaired) electrons. The number of nitrogens with zero attached hydrogens (tertiary/aromatic N) is 2. The first kappa shape index (κ1) is 15.6. The lowest BCUT2D eigenvalue weighted by molar-refractivity contribution is 0.0955. The number of hydrogen-bond acceptors (Lipinski definition) is 4. The van der Waals surface area contributed by atoms with Gasteiger partial charge in [-0.2, -0.15) is 5.10 Å². The molecular weight excluding hydrogens is 278 g/mol. The van der Waals surface area contributed by atoms with Crippen molar-refractivity contribution in [2.24, 2.45) is 5.10 Å². The van der Waals surface area contributed by atoms with Gasteiger partial charge in [-0.1, -0.05) is 12.1 Å². The standard InChI is InChI=1S/C17H19N3O2/c1-20(2)15-9-7-14(8-10-15)17(21)19-18-12-13-5-4-6-16(11-13)22-3/h4-12H,1-3H3,(H,19,21). The third-order valence-electron chi connectivity index (χ3n) is 3.12. The second-order valence-electron chi connectivity index (χ2n) is 4.92. The van der Waals surface area contributed by atoms with Crippen LogP contribution in [0.15, 0.2) is 53.6 Å². The lowest BCUT2D eigenvalue weighted by Crippen LogP contribution is -2.17. The molecule has 0 saturated carbocycles. The van der Waals surface area contributed by atoms with Crippen LogP contribution in [-0.2, 0) is 0 Å². The highest BCUT2D eigenvalue weighted by atomic mass is 16.5. The van der Waals surface area contributed by atoms with E-state index in [1.807, 2.05) is 55.4 Å². The van der Waals surface area contributed by atoms with Crippen molar-refractivity contribution >= 4 is 17.8 Å². The van der Waals surface area contributed by atoms with Crippen LogP contribution in [0, 0.1) is 0 Å². The first-order valence-corrected chi connectivity index (χ1v) is 6.85. The Morgan fingerprint density at radius 3 is 2.55 bits per heavy atom. The van der Waals surface area contributed by atoms with Crippen LogP contribution in [0.25, 0.3) is 0 Å². The van der Waals surface area contributed by atoms with E-state index in [1.54, 1.807) is 25.5 Å². The Bertz CT molecular complexity index is 664. The van der Waals surface area contributed by atoms with Gasteiger partial charge in [-0.05, 0) is 42.0 Å². The molecule has 2 aromatic rings. The Kier molecular flexibility index (Phi) is 5.14. The predicted octanol–water partition coefficient (Wildman–Crippen LogP) is 2.53. The van der Waals surface area contributed by atoms with Gasteiger partial charge >= 0.3 is 0 Å². The Morgan fingerprint density at radius 2 is 1.91 bits per heavy atom. The number of carbonyl (C=O) groups excluding carboxylic acids is 1. The fourth-order valence-electron chi connectivity index (χ4n) is 1.86. The molecule has 2 aromatic carbocycles. The van der Waals surface area contributed by atoms with Crippen molar-refractivity contribution in [3.8, 4) is 5.75 Å². The molecule has 5 nitrogen and oxygen atoms in total. The summed E-state index contributed by atoms with van der Waals surface area (Å²) in [6.07, 6.45) is 1.58. The molecule has 0 fully saturated rings. The summed E-state index contributed by atoms with van der Waals surface area (Å²) in [6.45, 7) is 0. The van der Waals surface area contributed by atoms with Crippen molar-refractivity contribution in [1.82, 2.24) is 5.43 Å². The molecule has 0 aliphatic heterocycles. The first-order valence-electron chi connectivity index (χ1n) is 6.85. The normalized spacial score (nSPS) is 10.5. The van der Waals surface area contributed by atoms with Crippen LogP contribution in [0.3, 0.4) is 0 Å². The molecule has 1 amide bonds. The summed E-state index contributed by atoms with van der Waals surface area (Å²) in [7, 11) is 5.51. The molecule has 0 aliphatic rings. The summed E-state index contributed by atoms with van der Waals surface area (Å²) in [5.74, 6) is 0.499. The maximum atomic E-state index is 12.0. The molecule has 1 N–H and O–H groups in total. The van der Waals surface area contributed by atoms with Crippen molar-refractivity contribution in [3.05, 3.63) is 59.7 Å². The highest BCUT2D eigenvalue weighted by Crippen LogP contribution is 2.12. The molecular formula is C17H19N3O2. The summed E-state index contributed by atoms with van der Waals surface area (Å²) in [5, 5.41) is 3.96. The van der Waals surface area contributed by atoms with Gasteiger partial charge in [-0.3, -0.25) is 4.79 Å². The summed E-state index contributed by atoms with van der Waals surface area (Å²) < 4.78 is 5.13. The highest BCUT2D eigenvalue weighted by molar-refractivity contribution is 5.95. The largest absolute Gasteiger partial charge is 0.497 e. The molecule has 0 atom stereocenters. The minimum atomic E-state index is -0.246. The smallest absolute Gasteiger partial charge is 0.271 e. The zero-order valence-electron chi connectivity index (χ0n) is 12.9. The molecule has 0 heterocycles. The first-order chi connectivity index (χ1) is 10.6. The van der Waals surface area contributed by atoms with Gasteiger partial charge in [0.05, 0.1) is 13.3 Å². The van der Waals surface area contributed by atoms with Crippen molar-refractivity contribution in [2.75, 3.05) is 26.1 Å². The molecule has 22 heavy (non-hydrogen) atoms. The zero-order valence-corrected chi connectivity index (χ0v) is 12.9. The number of ether oxygens (including phenoxy) is 1. The van der Waals surface area contributed by atoms with Gasteiger partial charge in [-0.25, -0.2) is 5.43 Å². The van der Waals surface area contributed by atoms with Crippen molar-refractivity contribution in [3.63, 3.8) is 0 Å². The molecule has 0 bridgehead atoms.